The number of piperazine rings is 1. The van der Waals surface area contributed by atoms with E-state index in [-0.39, 0.29) is 0 Å². The van der Waals surface area contributed by atoms with E-state index in [2.05, 4.69) is 63.8 Å². The topological polar surface area (TPSA) is 23.8 Å². The molecule has 0 N–H and O–H groups in total. The first-order valence-electron chi connectivity index (χ1n) is 8.24. The number of fused-ring (bicyclic) bond motifs is 1. The number of benzene rings is 1. The molecule has 4 nitrogen and oxygen atoms in total. The Labute approximate surface area is 137 Å². The summed E-state index contributed by atoms with van der Waals surface area (Å²) in [4.78, 5) is 9.68. The molecule has 0 unspecified atom stereocenters. The van der Waals surface area contributed by atoms with Crippen molar-refractivity contribution in [3.05, 3.63) is 66.1 Å². The number of anilines is 1. The van der Waals surface area contributed by atoms with E-state index in [0.29, 0.717) is 0 Å². The summed E-state index contributed by atoms with van der Waals surface area (Å²) in [5.74, 6) is 0. The lowest BCUT2D eigenvalue weighted by atomic mass is 10.2. The van der Waals surface area contributed by atoms with Crippen LogP contribution in [0.25, 0.3) is 5.65 Å². The van der Waals surface area contributed by atoms with Gasteiger partial charge in [-0.15, -0.1) is 0 Å². The van der Waals surface area contributed by atoms with E-state index >= 15 is 0 Å². The molecule has 1 aromatic carbocycles. The molecule has 1 aliphatic rings. The van der Waals surface area contributed by atoms with Crippen LogP contribution >= 0.6 is 0 Å². The van der Waals surface area contributed by atoms with Gasteiger partial charge in [0.1, 0.15) is 5.65 Å². The first-order chi connectivity index (χ1) is 11.3. The molecule has 0 bridgehead atoms. The lowest BCUT2D eigenvalue weighted by molar-refractivity contribution is 0.247. The Bertz CT molecular complexity index is 767. The zero-order valence-corrected chi connectivity index (χ0v) is 13.5. The number of nitrogens with zero attached hydrogens (tertiary/aromatic N) is 4. The molecule has 0 amide bonds. The molecule has 3 heterocycles. The van der Waals surface area contributed by atoms with Crippen molar-refractivity contribution >= 4 is 11.3 Å². The van der Waals surface area contributed by atoms with Crippen LogP contribution in [0.3, 0.4) is 0 Å². The van der Waals surface area contributed by atoms with Crippen LogP contribution in [-0.4, -0.2) is 40.5 Å². The van der Waals surface area contributed by atoms with Gasteiger partial charge in [0.05, 0.1) is 5.69 Å². The van der Waals surface area contributed by atoms with Crippen molar-refractivity contribution in [3.63, 3.8) is 0 Å². The number of aromatic nitrogens is 2. The summed E-state index contributed by atoms with van der Waals surface area (Å²) in [5, 5.41) is 0. The zero-order valence-electron chi connectivity index (χ0n) is 13.5. The Kier molecular flexibility index (Phi) is 3.75. The highest BCUT2D eigenvalue weighted by Crippen LogP contribution is 2.18. The van der Waals surface area contributed by atoms with Gasteiger partial charge in [0, 0.05) is 50.8 Å². The smallest absolute Gasteiger partial charge is 0.137 e. The van der Waals surface area contributed by atoms with Gasteiger partial charge in [-0.05, 0) is 36.8 Å². The summed E-state index contributed by atoms with van der Waals surface area (Å²) < 4.78 is 2.10. The minimum atomic E-state index is 0.934. The van der Waals surface area contributed by atoms with E-state index < -0.39 is 0 Å². The van der Waals surface area contributed by atoms with Gasteiger partial charge in [0.15, 0.2) is 0 Å². The van der Waals surface area contributed by atoms with Gasteiger partial charge >= 0.3 is 0 Å². The predicted molar refractivity (Wildman–Crippen MR) is 93.9 cm³/mol. The highest BCUT2D eigenvalue weighted by molar-refractivity contribution is 5.48. The molecule has 23 heavy (non-hydrogen) atoms. The third kappa shape index (κ3) is 3.08. The second-order valence-corrected chi connectivity index (χ2v) is 6.30. The van der Waals surface area contributed by atoms with E-state index in [9.17, 15) is 0 Å². The lowest BCUT2D eigenvalue weighted by Gasteiger charge is -2.35. The number of hydrogen-bond acceptors (Lipinski definition) is 3. The van der Waals surface area contributed by atoms with Crippen LogP contribution in [0, 0.1) is 6.92 Å². The predicted octanol–water partition coefficient (Wildman–Crippen LogP) is 2.96. The molecule has 118 valence electrons. The zero-order chi connectivity index (χ0) is 15.6. The van der Waals surface area contributed by atoms with Crippen molar-refractivity contribution in [1.82, 2.24) is 14.3 Å². The number of aryl methyl sites for hydroxylation is 1. The van der Waals surface area contributed by atoms with Crippen LogP contribution in [0.2, 0.25) is 0 Å². The molecule has 0 atom stereocenters. The van der Waals surface area contributed by atoms with Gasteiger partial charge < -0.3 is 9.30 Å². The Morgan fingerprint density at radius 1 is 1.00 bits per heavy atom. The molecule has 0 aliphatic carbocycles. The van der Waals surface area contributed by atoms with Gasteiger partial charge in [0.25, 0.3) is 0 Å². The Balaban J connectivity index is 1.39. The Morgan fingerprint density at radius 3 is 2.65 bits per heavy atom. The highest BCUT2D eigenvalue weighted by atomic mass is 15.3. The van der Waals surface area contributed by atoms with Crippen molar-refractivity contribution in [1.29, 1.82) is 0 Å². The van der Waals surface area contributed by atoms with E-state index in [4.69, 9.17) is 4.98 Å². The van der Waals surface area contributed by atoms with Crippen molar-refractivity contribution in [2.75, 3.05) is 31.1 Å². The van der Waals surface area contributed by atoms with Crippen LogP contribution in [-0.2, 0) is 6.54 Å². The summed E-state index contributed by atoms with van der Waals surface area (Å²) in [6, 6.07) is 14.9. The number of pyridine rings is 1. The molecule has 1 aliphatic heterocycles. The highest BCUT2D eigenvalue weighted by Gasteiger charge is 2.18. The van der Waals surface area contributed by atoms with Crippen molar-refractivity contribution in [3.8, 4) is 0 Å². The van der Waals surface area contributed by atoms with Crippen LogP contribution in [0.15, 0.2) is 54.9 Å². The quantitative estimate of drug-likeness (QED) is 0.743. The van der Waals surface area contributed by atoms with E-state index in [0.717, 1.165) is 44.1 Å². The summed E-state index contributed by atoms with van der Waals surface area (Å²) in [6.07, 6.45) is 4.20. The Hall–Kier alpha value is -2.33. The van der Waals surface area contributed by atoms with Crippen molar-refractivity contribution < 1.29 is 0 Å². The van der Waals surface area contributed by atoms with E-state index in [1.165, 1.54) is 11.3 Å². The summed E-state index contributed by atoms with van der Waals surface area (Å²) in [7, 11) is 0. The minimum absolute atomic E-state index is 0.934. The first-order valence-corrected chi connectivity index (χ1v) is 8.24. The molecular weight excluding hydrogens is 284 g/mol. The van der Waals surface area contributed by atoms with Crippen LogP contribution in [0.5, 0.6) is 0 Å². The molecular formula is C19H22N4. The maximum Gasteiger partial charge on any atom is 0.137 e. The van der Waals surface area contributed by atoms with Gasteiger partial charge in [-0.1, -0.05) is 18.2 Å². The fourth-order valence-corrected chi connectivity index (χ4v) is 3.28. The number of rotatable bonds is 3. The van der Waals surface area contributed by atoms with Crippen molar-refractivity contribution in [2.45, 2.75) is 13.5 Å². The second kappa shape index (κ2) is 6.05. The fourth-order valence-electron chi connectivity index (χ4n) is 3.28. The minimum Gasteiger partial charge on any atom is -0.369 e. The third-order valence-corrected chi connectivity index (χ3v) is 4.54. The van der Waals surface area contributed by atoms with Crippen molar-refractivity contribution in [2.24, 2.45) is 0 Å². The average Bonchev–Trinajstić information content (AvgIpc) is 2.98. The summed E-state index contributed by atoms with van der Waals surface area (Å²) in [5.41, 5.74) is 4.85. The molecule has 2 aromatic heterocycles. The number of hydrogen-bond donors (Lipinski definition) is 0. The second-order valence-electron chi connectivity index (χ2n) is 6.30. The molecule has 4 heteroatoms. The molecule has 4 rings (SSSR count). The normalized spacial score (nSPS) is 16.1. The molecule has 1 fully saturated rings. The van der Waals surface area contributed by atoms with Gasteiger partial charge in [-0.2, -0.15) is 0 Å². The summed E-state index contributed by atoms with van der Waals surface area (Å²) >= 11 is 0. The molecule has 3 aromatic rings. The van der Waals surface area contributed by atoms with Gasteiger partial charge in [-0.3, -0.25) is 4.90 Å². The van der Waals surface area contributed by atoms with E-state index in [1.54, 1.807) is 0 Å². The SMILES string of the molecule is Cc1cccc(N2CCN(Cc3cn4ccccc4n3)CC2)c1. The van der Waals surface area contributed by atoms with Gasteiger partial charge in [-0.25, -0.2) is 4.98 Å². The van der Waals surface area contributed by atoms with Crippen LogP contribution < -0.4 is 4.90 Å². The summed E-state index contributed by atoms with van der Waals surface area (Å²) in [6.45, 7) is 7.42. The standard InChI is InChI=1S/C19H22N4/c1-16-5-4-6-18(13-16)22-11-9-21(10-12-22)14-17-15-23-8-3-2-7-19(23)20-17/h2-8,13,15H,9-12,14H2,1H3. The number of imidazole rings is 1. The maximum absolute atomic E-state index is 4.70. The monoisotopic (exact) mass is 306 g/mol. The Morgan fingerprint density at radius 2 is 1.87 bits per heavy atom. The van der Waals surface area contributed by atoms with E-state index in [1.807, 2.05) is 12.1 Å². The van der Waals surface area contributed by atoms with Crippen LogP contribution in [0.4, 0.5) is 5.69 Å². The largest absolute Gasteiger partial charge is 0.369 e. The molecule has 0 spiro atoms. The lowest BCUT2D eigenvalue weighted by Crippen LogP contribution is -2.46. The fraction of sp³-hybridized carbons (Fsp3) is 0.316. The van der Waals surface area contributed by atoms with Gasteiger partial charge in [0.2, 0.25) is 0 Å². The average molecular weight is 306 g/mol. The third-order valence-electron chi connectivity index (χ3n) is 4.54. The maximum atomic E-state index is 4.70. The molecule has 0 saturated carbocycles. The molecule has 1 saturated heterocycles. The first kappa shape index (κ1) is 14.3. The van der Waals surface area contributed by atoms with Crippen LogP contribution in [0.1, 0.15) is 11.3 Å². The molecule has 0 radical (unpaired) electrons.